The lowest BCUT2D eigenvalue weighted by molar-refractivity contribution is 0.668. The first-order chi connectivity index (χ1) is 31.2. The van der Waals surface area contributed by atoms with Gasteiger partial charge >= 0.3 is 0 Å². The Labute approximate surface area is 362 Å². The average Bonchev–Trinajstić information content (AvgIpc) is 4.03. The van der Waals surface area contributed by atoms with Crippen molar-refractivity contribution in [2.24, 2.45) is 0 Å². The molecule has 0 amide bonds. The molecule has 0 aliphatic carbocycles. The van der Waals surface area contributed by atoms with Crippen molar-refractivity contribution in [1.29, 1.82) is 0 Å². The number of hydrogen-bond acceptors (Lipinski definition) is 3. The van der Waals surface area contributed by atoms with Gasteiger partial charge in [-0.15, -0.1) is 0 Å². The van der Waals surface area contributed by atoms with Crippen molar-refractivity contribution in [2.45, 2.75) is 0 Å². The molecule has 294 valence electrons. The molecule has 4 heterocycles. The van der Waals surface area contributed by atoms with Crippen LogP contribution in [0.15, 0.2) is 227 Å². The number of nitrogens with zero attached hydrogens (tertiary/aromatic N) is 2. The van der Waals surface area contributed by atoms with Crippen LogP contribution in [0.3, 0.4) is 0 Å². The Balaban J connectivity index is 0.981. The molecule has 9 aromatic carbocycles. The number of rotatable bonds is 6. The molecule has 4 nitrogen and oxygen atoms in total. The van der Waals surface area contributed by atoms with E-state index in [1.54, 1.807) is 0 Å². The lowest BCUT2D eigenvalue weighted by Crippen LogP contribution is -1.93. The van der Waals surface area contributed by atoms with Crippen LogP contribution in [0.1, 0.15) is 0 Å². The smallest absolute Gasteiger partial charge is 0.136 e. The predicted molar refractivity (Wildman–Crippen MR) is 260 cm³/mol. The van der Waals surface area contributed by atoms with E-state index in [-0.39, 0.29) is 0 Å². The van der Waals surface area contributed by atoms with Gasteiger partial charge in [0.2, 0.25) is 0 Å². The molecule has 0 saturated heterocycles. The van der Waals surface area contributed by atoms with Crippen LogP contribution in [0.25, 0.3) is 127 Å². The second-order valence-corrected chi connectivity index (χ2v) is 16.3. The maximum atomic E-state index is 6.60. The average molecular weight is 805 g/mol. The fourth-order valence-corrected chi connectivity index (χ4v) is 9.58. The van der Waals surface area contributed by atoms with Crippen LogP contribution < -0.4 is 0 Å². The van der Waals surface area contributed by atoms with Crippen LogP contribution in [0.5, 0.6) is 0 Å². The van der Waals surface area contributed by atoms with E-state index < -0.39 is 0 Å². The van der Waals surface area contributed by atoms with Gasteiger partial charge < -0.3 is 13.4 Å². The summed E-state index contributed by atoms with van der Waals surface area (Å²) >= 11 is 0. The van der Waals surface area contributed by atoms with E-state index in [4.69, 9.17) is 13.8 Å². The molecule has 13 rings (SSSR count). The van der Waals surface area contributed by atoms with E-state index in [0.29, 0.717) is 0 Å². The van der Waals surface area contributed by atoms with Crippen molar-refractivity contribution in [2.75, 3.05) is 0 Å². The number of pyridine rings is 1. The molecule has 0 N–H and O–H groups in total. The highest BCUT2D eigenvalue weighted by Gasteiger charge is 2.19. The zero-order chi connectivity index (χ0) is 41.4. The normalized spacial score (nSPS) is 11.8. The maximum absolute atomic E-state index is 6.60. The summed E-state index contributed by atoms with van der Waals surface area (Å²) in [5.74, 6) is 0. The van der Waals surface area contributed by atoms with Crippen molar-refractivity contribution in [3.8, 4) is 61.6 Å². The summed E-state index contributed by atoms with van der Waals surface area (Å²) in [6, 6.07) is 77.4. The van der Waals surface area contributed by atoms with Gasteiger partial charge in [0.1, 0.15) is 22.3 Å². The SMILES string of the molecule is c1ccc(-c2cc(-c3ccc4c(c3)oc3ccccc34)nc(-c3cccc4oc5ccc(-c6ccc7c8cc(-c9ccccc9)ccc8n(-c8ccccc8)c7c6)cc5c34)c2)cc1. The van der Waals surface area contributed by atoms with Crippen LogP contribution in [0.4, 0.5) is 0 Å². The van der Waals surface area contributed by atoms with E-state index in [1.807, 2.05) is 12.1 Å². The highest BCUT2D eigenvalue weighted by molar-refractivity contribution is 6.15. The first kappa shape index (κ1) is 35.3. The molecule has 0 unspecified atom stereocenters. The van der Waals surface area contributed by atoms with Gasteiger partial charge in [-0.25, -0.2) is 4.98 Å². The fourth-order valence-electron chi connectivity index (χ4n) is 9.58. The van der Waals surface area contributed by atoms with Crippen molar-refractivity contribution in [3.05, 3.63) is 218 Å². The van der Waals surface area contributed by atoms with E-state index in [1.165, 1.54) is 27.4 Å². The van der Waals surface area contributed by atoms with Gasteiger partial charge in [-0.3, -0.25) is 0 Å². The minimum absolute atomic E-state index is 0.825. The molecular weight excluding hydrogens is 769 g/mol. The summed E-state index contributed by atoms with van der Waals surface area (Å²) in [5.41, 5.74) is 17.5. The molecule has 0 radical (unpaired) electrons. The lowest BCUT2D eigenvalue weighted by Gasteiger charge is -2.11. The summed E-state index contributed by atoms with van der Waals surface area (Å²) in [5, 5.41) is 6.73. The number of benzene rings is 9. The summed E-state index contributed by atoms with van der Waals surface area (Å²) in [6.07, 6.45) is 0. The zero-order valence-corrected chi connectivity index (χ0v) is 34.0. The first-order valence-corrected chi connectivity index (χ1v) is 21.3. The van der Waals surface area contributed by atoms with Gasteiger partial charge in [0.25, 0.3) is 0 Å². The Morgan fingerprint density at radius 3 is 1.73 bits per heavy atom. The number of fused-ring (bicyclic) bond motifs is 9. The van der Waals surface area contributed by atoms with E-state index in [2.05, 4.69) is 211 Å². The van der Waals surface area contributed by atoms with Crippen LogP contribution in [0.2, 0.25) is 0 Å². The molecule has 0 aliphatic rings. The Morgan fingerprint density at radius 1 is 0.302 bits per heavy atom. The highest BCUT2D eigenvalue weighted by Crippen LogP contribution is 2.42. The molecule has 0 spiro atoms. The van der Waals surface area contributed by atoms with E-state index in [0.717, 1.165) is 99.8 Å². The number of hydrogen-bond donors (Lipinski definition) is 0. The second-order valence-electron chi connectivity index (χ2n) is 16.3. The molecule has 0 bridgehead atoms. The Kier molecular flexibility index (Phi) is 7.87. The van der Waals surface area contributed by atoms with E-state index in [9.17, 15) is 0 Å². The highest BCUT2D eigenvalue weighted by atomic mass is 16.3. The second kappa shape index (κ2) is 14.1. The number of para-hydroxylation sites is 2. The molecular formula is C59H36N2O2. The van der Waals surface area contributed by atoms with Crippen molar-refractivity contribution in [3.63, 3.8) is 0 Å². The quantitative estimate of drug-likeness (QED) is 0.168. The Bertz CT molecular complexity index is 3900. The number of furan rings is 2. The van der Waals surface area contributed by atoms with Crippen molar-refractivity contribution in [1.82, 2.24) is 9.55 Å². The van der Waals surface area contributed by atoms with Crippen LogP contribution >= 0.6 is 0 Å². The molecule has 0 saturated carbocycles. The minimum atomic E-state index is 0.825. The molecule has 0 atom stereocenters. The summed E-state index contributed by atoms with van der Waals surface area (Å²) in [6.45, 7) is 0. The van der Waals surface area contributed by atoms with Gasteiger partial charge in [0.05, 0.1) is 22.4 Å². The summed E-state index contributed by atoms with van der Waals surface area (Å²) in [7, 11) is 0. The minimum Gasteiger partial charge on any atom is -0.456 e. The predicted octanol–water partition coefficient (Wildman–Crippen LogP) is 16.3. The first-order valence-electron chi connectivity index (χ1n) is 21.3. The third-order valence-electron chi connectivity index (χ3n) is 12.6. The molecule has 4 aromatic heterocycles. The van der Waals surface area contributed by atoms with Gasteiger partial charge in [-0.2, -0.15) is 0 Å². The van der Waals surface area contributed by atoms with Gasteiger partial charge in [0, 0.05) is 49.1 Å². The third-order valence-corrected chi connectivity index (χ3v) is 12.6. The number of aromatic nitrogens is 2. The van der Waals surface area contributed by atoms with Crippen molar-refractivity contribution < 1.29 is 8.83 Å². The van der Waals surface area contributed by atoms with E-state index >= 15 is 0 Å². The van der Waals surface area contributed by atoms with Crippen LogP contribution in [0, 0.1) is 0 Å². The fraction of sp³-hybridized carbons (Fsp3) is 0. The molecule has 13 aromatic rings. The molecule has 0 aliphatic heterocycles. The largest absolute Gasteiger partial charge is 0.456 e. The summed E-state index contributed by atoms with van der Waals surface area (Å²) in [4.78, 5) is 5.41. The Morgan fingerprint density at radius 2 is 0.889 bits per heavy atom. The third kappa shape index (κ3) is 5.80. The van der Waals surface area contributed by atoms with Gasteiger partial charge in [-0.05, 0) is 112 Å². The topological polar surface area (TPSA) is 44.1 Å². The van der Waals surface area contributed by atoms with Gasteiger partial charge in [-0.1, -0.05) is 140 Å². The van der Waals surface area contributed by atoms with Gasteiger partial charge in [0.15, 0.2) is 0 Å². The van der Waals surface area contributed by atoms with Crippen LogP contribution in [-0.2, 0) is 0 Å². The summed E-state index contributed by atoms with van der Waals surface area (Å²) < 4.78 is 15.3. The maximum Gasteiger partial charge on any atom is 0.136 e. The Hall–Kier alpha value is -8.47. The molecule has 4 heteroatoms. The lowest BCUT2D eigenvalue weighted by atomic mass is 9.96. The zero-order valence-electron chi connectivity index (χ0n) is 34.0. The monoisotopic (exact) mass is 804 g/mol. The standard InChI is InChI=1S/C59H36N2O2/c1-4-13-37(14-5-1)39-25-29-53-49(31-39)45-27-23-41(35-54(45)61(53)44-17-8-3-9-18-44)40-26-30-56-50(32-40)59-48(20-12-22-57(59)62-56)52-34-43(38-15-6-2-7-16-38)33-51(60-52)42-24-28-47-46-19-10-11-21-55(46)63-58(47)36-42/h1-36H. The van der Waals surface area contributed by atoms with Crippen LogP contribution in [-0.4, -0.2) is 9.55 Å². The molecule has 63 heavy (non-hydrogen) atoms. The molecule has 0 fully saturated rings. The van der Waals surface area contributed by atoms with Crippen molar-refractivity contribution >= 4 is 65.7 Å².